The SMILES string of the molecule is Nc1nc2c(ncn2[C@@H]2OC3CO[P+](=O)O[C@@H]4C(CO[P+](=O)O[C@H]3[C@H]2F)O[C@@H](n2cnc3c(N)ncnc32)[C@@H]4F)c(=O)[nH]1. The minimum Gasteiger partial charge on any atom is -0.382 e. The Morgan fingerprint density at radius 1 is 0.837 bits per heavy atom. The molecular formula is C20H20F2N10O9P2+2. The molecule has 5 N–H and O–H groups in total. The molecule has 10 atom stereocenters. The number of fused-ring (bicyclic) bond motifs is 4. The van der Waals surface area contributed by atoms with Crippen LogP contribution in [0.25, 0.3) is 22.3 Å². The molecule has 0 radical (unpaired) electrons. The fourth-order valence-corrected chi connectivity index (χ4v) is 6.63. The molecule has 0 saturated carbocycles. The number of nitrogen functional groups attached to an aromatic ring is 2. The van der Waals surface area contributed by atoms with Crippen molar-refractivity contribution in [3.63, 3.8) is 0 Å². The number of halogens is 2. The fourth-order valence-electron chi connectivity index (χ4n) is 5.07. The number of anilines is 2. The van der Waals surface area contributed by atoms with Gasteiger partial charge in [0.25, 0.3) is 5.56 Å². The zero-order valence-corrected chi connectivity index (χ0v) is 23.2. The lowest BCUT2D eigenvalue weighted by Gasteiger charge is -2.15. The number of aromatic amines is 1. The second-order valence-electron chi connectivity index (χ2n) is 9.56. The van der Waals surface area contributed by atoms with Crippen molar-refractivity contribution in [2.24, 2.45) is 0 Å². The highest BCUT2D eigenvalue weighted by Crippen LogP contribution is 2.45. The van der Waals surface area contributed by atoms with Gasteiger partial charge in [-0.2, -0.15) is 4.98 Å². The molecule has 3 saturated heterocycles. The summed E-state index contributed by atoms with van der Waals surface area (Å²) in [5, 5.41) is 0. The van der Waals surface area contributed by atoms with E-state index >= 15 is 8.78 Å². The van der Waals surface area contributed by atoms with Crippen LogP contribution in [0.3, 0.4) is 0 Å². The number of hydrogen-bond acceptors (Lipinski definition) is 16. The van der Waals surface area contributed by atoms with Crippen LogP contribution in [0.4, 0.5) is 20.5 Å². The smallest absolute Gasteiger partial charge is 0.382 e. The van der Waals surface area contributed by atoms with Gasteiger partial charge in [0.1, 0.15) is 37.3 Å². The van der Waals surface area contributed by atoms with E-state index in [4.69, 9.17) is 39.0 Å². The van der Waals surface area contributed by atoms with Crippen LogP contribution in [-0.4, -0.2) is 89.0 Å². The Bertz CT molecular complexity index is 1810. The first-order chi connectivity index (χ1) is 20.7. The maximum absolute atomic E-state index is 15.8. The van der Waals surface area contributed by atoms with Crippen LogP contribution in [0.15, 0.2) is 23.8 Å². The van der Waals surface area contributed by atoms with Crippen molar-refractivity contribution in [1.29, 1.82) is 0 Å². The summed E-state index contributed by atoms with van der Waals surface area (Å²) in [4.78, 5) is 34.3. The molecule has 4 unspecified atom stereocenters. The number of aromatic nitrogens is 8. The summed E-state index contributed by atoms with van der Waals surface area (Å²) >= 11 is 0. The number of nitrogens with zero attached hydrogens (tertiary/aromatic N) is 7. The highest BCUT2D eigenvalue weighted by atomic mass is 31.1. The monoisotopic (exact) mass is 644 g/mol. The molecule has 0 amide bonds. The number of hydrogen-bond donors (Lipinski definition) is 3. The van der Waals surface area contributed by atoms with Gasteiger partial charge in [0.05, 0.1) is 12.7 Å². The standard InChI is InChI=1S/C20H19F2N10O9P2/c21-8-12-6(38-18(8)31-4-27-10-14(23)25-3-26-15(10)31)1-36-43(35)41-13-7(2-37-42(34)40-12)39-19(9(13)22)32-5-28-11-16(32)29-20(24)30-17(11)33/h3-9,12-13,18-19H,1-2H2,(H4-,23,24,25,26,29,30,33)/q+1/p+1/t6?,7?,8-,9-,12-,13-,18-,19-/m1/s1. The van der Waals surface area contributed by atoms with E-state index in [0.29, 0.717) is 0 Å². The maximum Gasteiger partial charge on any atom is 0.697 e. The third-order valence-electron chi connectivity index (χ3n) is 7.02. The Balaban J connectivity index is 1.12. The number of rotatable bonds is 2. The normalized spacial score (nSPS) is 33.7. The van der Waals surface area contributed by atoms with E-state index in [0.717, 1.165) is 17.2 Å². The number of H-pyrrole nitrogens is 1. The molecule has 7 heterocycles. The van der Waals surface area contributed by atoms with Crippen LogP contribution < -0.4 is 17.0 Å². The topological polar surface area (TPSA) is 249 Å². The number of nitrogens with two attached hydrogens (primary N) is 2. The number of imidazole rings is 2. The Labute approximate surface area is 238 Å². The average molecular weight is 644 g/mol. The van der Waals surface area contributed by atoms with Gasteiger partial charge in [-0.1, -0.05) is 0 Å². The van der Waals surface area contributed by atoms with Gasteiger partial charge < -0.3 is 20.9 Å². The molecule has 0 aromatic carbocycles. The average Bonchev–Trinajstić information content (AvgIpc) is 3.72. The predicted molar refractivity (Wildman–Crippen MR) is 137 cm³/mol. The Morgan fingerprint density at radius 2 is 1.40 bits per heavy atom. The molecule has 3 fully saturated rings. The third kappa shape index (κ3) is 4.83. The Kier molecular flexibility index (Phi) is 7.06. The molecule has 226 valence electrons. The first-order valence-corrected chi connectivity index (χ1v) is 14.7. The lowest BCUT2D eigenvalue weighted by molar-refractivity contribution is -0.0533. The molecule has 7 rings (SSSR count). The molecule has 0 spiro atoms. The molecule has 3 aliphatic rings. The van der Waals surface area contributed by atoms with E-state index in [9.17, 15) is 13.9 Å². The molecule has 3 aliphatic heterocycles. The minimum absolute atomic E-state index is 0.0605. The van der Waals surface area contributed by atoms with Crippen molar-refractivity contribution in [2.75, 3.05) is 24.7 Å². The molecule has 19 nitrogen and oxygen atoms in total. The first kappa shape index (κ1) is 28.1. The van der Waals surface area contributed by atoms with E-state index in [-0.39, 0.29) is 34.1 Å². The zero-order chi connectivity index (χ0) is 30.0. The minimum atomic E-state index is -3.03. The number of ether oxygens (including phenoxy) is 2. The van der Waals surface area contributed by atoms with E-state index in [1.54, 1.807) is 0 Å². The predicted octanol–water partition coefficient (Wildman–Crippen LogP) is 0.727. The highest BCUT2D eigenvalue weighted by Gasteiger charge is 2.57. The van der Waals surface area contributed by atoms with Crippen molar-refractivity contribution in [3.8, 4) is 0 Å². The summed E-state index contributed by atoms with van der Waals surface area (Å²) in [5.74, 6) is -0.186. The van der Waals surface area contributed by atoms with Gasteiger partial charge in [0.15, 0.2) is 59.6 Å². The van der Waals surface area contributed by atoms with Crippen molar-refractivity contribution in [2.45, 2.75) is 49.2 Å². The van der Waals surface area contributed by atoms with Crippen molar-refractivity contribution < 1.29 is 45.5 Å². The number of alkyl halides is 2. The largest absolute Gasteiger partial charge is 0.697 e. The lowest BCUT2D eigenvalue weighted by Crippen LogP contribution is -2.35. The quantitative estimate of drug-likeness (QED) is 0.254. The highest BCUT2D eigenvalue weighted by molar-refractivity contribution is 7.33. The van der Waals surface area contributed by atoms with Gasteiger partial charge in [0, 0.05) is 9.13 Å². The van der Waals surface area contributed by atoms with Gasteiger partial charge in [-0.05, 0) is 0 Å². The van der Waals surface area contributed by atoms with Gasteiger partial charge in [0.2, 0.25) is 5.95 Å². The van der Waals surface area contributed by atoms with E-state index in [2.05, 4.69) is 29.9 Å². The van der Waals surface area contributed by atoms with Crippen molar-refractivity contribution >= 4 is 50.6 Å². The summed E-state index contributed by atoms with van der Waals surface area (Å²) < 4.78 is 92.2. The molecule has 43 heavy (non-hydrogen) atoms. The van der Waals surface area contributed by atoms with Gasteiger partial charge >= 0.3 is 16.5 Å². The Morgan fingerprint density at radius 3 is 2.00 bits per heavy atom. The maximum atomic E-state index is 15.8. The second-order valence-corrected chi connectivity index (χ2v) is 11.4. The van der Waals surface area contributed by atoms with E-state index in [1.807, 2.05) is 0 Å². The van der Waals surface area contributed by atoms with Crippen LogP contribution in [0.1, 0.15) is 12.5 Å². The zero-order valence-electron chi connectivity index (χ0n) is 21.4. The lowest BCUT2D eigenvalue weighted by atomic mass is 10.1. The first-order valence-electron chi connectivity index (χ1n) is 12.5. The van der Waals surface area contributed by atoms with Crippen LogP contribution in [-0.2, 0) is 36.7 Å². The summed E-state index contributed by atoms with van der Waals surface area (Å²) in [6.07, 6.45) is -9.03. The van der Waals surface area contributed by atoms with Crippen molar-refractivity contribution in [3.05, 3.63) is 29.3 Å². The van der Waals surface area contributed by atoms with Crippen LogP contribution >= 0.6 is 16.5 Å². The number of nitrogens with one attached hydrogen (secondary N) is 1. The fraction of sp³-hybridized carbons (Fsp3) is 0.500. The van der Waals surface area contributed by atoms with Gasteiger partial charge in [-0.15, -0.1) is 18.1 Å². The summed E-state index contributed by atoms with van der Waals surface area (Å²) in [7, 11) is -6.06. The van der Waals surface area contributed by atoms with Crippen molar-refractivity contribution in [1.82, 2.24) is 39.0 Å². The molecule has 0 bridgehead atoms. The Hall–Kier alpha value is -3.68. The van der Waals surface area contributed by atoms with Gasteiger partial charge in [-0.3, -0.25) is 18.9 Å². The summed E-state index contributed by atoms with van der Waals surface area (Å²) in [6.45, 7) is -1.16. The molecule has 0 aliphatic carbocycles. The van der Waals surface area contributed by atoms with Crippen LogP contribution in [0.2, 0.25) is 0 Å². The van der Waals surface area contributed by atoms with Crippen LogP contribution in [0.5, 0.6) is 0 Å². The molecule has 4 aromatic heterocycles. The van der Waals surface area contributed by atoms with E-state index < -0.39 is 84.5 Å². The van der Waals surface area contributed by atoms with E-state index in [1.165, 1.54) is 10.9 Å². The molecule has 4 aromatic rings. The molecular weight excluding hydrogens is 624 g/mol. The van der Waals surface area contributed by atoms with Crippen LogP contribution in [0, 0.1) is 0 Å². The third-order valence-corrected chi connectivity index (χ3v) is 8.57. The summed E-state index contributed by atoms with van der Waals surface area (Å²) in [5.41, 5.74) is 10.9. The second kappa shape index (κ2) is 10.8. The molecule has 23 heteroatoms. The van der Waals surface area contributed by atoms with Gasteiger partial charge in [-0.25, -0.2) is 28.7 Å². The summed E-state index contributed by atoms with van der Waals surface area (Å²) in [6, 6.07) is 0.